The van der Waals surface area contributed by atoms with Gasteiger partial charge in [0.25, 0.3) is 5.56 Å². The lowest BCUT2D eigenvalue weighted by Crippen LogP contribution is -2.45. The van der Waals surface area contributed by atoms with Gasteiger partial charge in [-0.2, -0.15) is 0 Å². The van der Waals surface area contributed by atoms with Crippen molar-refractivity contribution in [2.45, 2.75) is 51.6 Å². The highest BCUT2D eigenvalue weighted by Crippen LogP contribution is 2.22. The number of aromatic nitrogens is 2. The van der Waals surface area contributed by atoms with E-state index in [-0.39, 0.29) is 5.56 Å². The topological polar surface area (TPSA) is 50.2 Å². The highest BCUT2D eigenvalue weighted by molar-refractivity contribution is 5.37. The van der Waals surface area contributed by atoms with Crippen LogP contribution >= 0.6 is 0 Å². The zero-order valence-corrected chi connectivity index (χ0v) is 12.6. The van der Waals surface area contributed by atoms with Crippen LogP contribution in [-0.4, -0.2) is 35.7 Å². The van der Waals surface area contributed by atoms with Crippen molar-refractivity contribution in [2.24, 2.45) is 0 Å². The molecule has 1 N–H and O–H groups in total. The van der Waals surface area contributed by atoms with Crippen molar-refractivity contribution in [3.05, 3.63) is 22.7 Å². The minimum Gasteiger partial charge on any atom is -0.349 e. The zero-order valence-electron chi connectivity index (χ0n) is 12.6. The second-order valence-corrected chi connectivity index (χ2v) is 5.48. The number of nitrogens with zero attached hydrogens (tertiary/aromatic N) is 3. The molecule has 5 nitrogen and oxygen atoms in total. The second-order valence-electron chi connectivity index (χ2n) is 5.48. The highest BCUT2D eigenvalue weighted by Gasteiger charge is 2.25. The van der Waals surface area contributed by atoms with Gasteiger partial charge in [-0.25, -0.2) is 4.98 Å². The number of aryl methyl sites for hydroxylation is 1. The van der Waals surface area contributed by atoms with E-state index in [2.05, 4.69) is 22.1 Å². The van der Waals surface area contributed by atoms with Gasteiger partial charge in [0.05, 0.1) is 0 Å². The molecule has 0 bridgehead atoms. The van der Waals surface area contributed by atoms with Crippen LogP contribution < -0.4 is 15.8 Å². The molecular weight excluding hydrogens is 252 g/mol. The first-order valence-corrected chi connectivity index (χ1v) is 7.74. The van der Waals surface area contributed by atoms with Crippen LogP contribution in [0.3, 0.4) is 0 Å². The SMILES string of the molecule is CCCn1ccnc(N2CCCCC2CCNC)c1=O. The van der Waals surface area contributed by atoms with E-state index in [9.17, 15) is 4.79 Å². The van der Waals surface area contributed by atoms with E-state index in [1.54, 1.807) is 17.0 Å². The fraction of sp³-hybridized carbons (Fsp3) is 0.733. The molecule has 1 aliphatic heterocycles. The van der Waals surface area contributed by atoms with Gasteiger partial charge in [-0.3, -0.25) is 4.79 Å². The predicted molar refractivity (Wildman–Crippen MR) is 82.3 cm³/mol. The summed E-state index contributed by atoms with van der Waals surface area (Å²) in [6.45, 7) is 4.79. The van der Waals surface area contributed by atoms with Gasteiger partial charge < -0.3 is 14.8 Å². The third-order valence-corrected chi connectivity index (χ3v) is 3.99. The number of piperidine rings is 1. The lowest BCUT2D eigenvalue weighted by molar-refractivity contribution is 0.428. The van der Waals surface area contributed by atoms with Crippen LogP contribution in [0.4, 0.5) is 5.82 Å². The summed E-state index contributed by atoms with van der Waals surface area (Å²) in [5.41, 5.74) is 0.0608. The molecule has 0 spiro atoms. The third kappa shape index (κ3) is 3.39. The second kappa shape index (κ2) is 7.43. The molecule has 1 atom stereocenters. The zero-order chi connectivity index (χ0) is 14.4. The van der Waals surface area contributed by atoms with Crippen molar-refractivity contribution >= 4 is 5.82 Å². The van der Waals surface area contributed by atoms with Gasteiger partial charge in [0.15, 0.2) is 5.82 Å². The molecule has 0 aromatic carbocycles. The van der Waals surface area contributed by atoms with Crippen LogP contribution in [0.1, 0.15) is 39.0 Å². The minimum absolute atomic E-state index is 0.0608. The summed E-state index contributed by atoms with van der Waals surface area (Å²) in [6.07, 6.45) is 9.15. The molecule has 1 aliphatic rings. The largest absolute Gasteiger partial charge is 0.349 e. The Morgan fingerprint density at radius 2 is 2.30 bits per heavy atom. The van der Waals surface area contributed by atoms with Crippen LogP contribution in [0.2, 0.25) is 0 Å². The van der Waals surface area contributed by atoms with Crippen molar-refractivity contribution in [3.8, 4) is 0 Å². The van der Waals surface area contributed by atoms with E-state index in [0.29, 0.717) is 11.9 Å². The number of hydrogen-bond donors (Lipinski definition) is 1. The van der Waals surface area contributed by atoms with Crippen molar-refractivity contribution < 1.29 is 0 Å². The van der Waals surface area contributed by atoms with Gasteiger partial charge in [-0.15, -0.1) is 0 Å². The van der Waals surface area contributed by atoms with E-state index >= 15 is 0 Å². The summed E-state index contributed by atoms with van der Waals surface area (Å²) in [5, 5.41) is 3.20. The normalized spacial score (nSPS) is 19.3. The molecule has 1 aromatic heterocycles. The van der Waals surface area contributed by atoms with E-state index in [1.807, 2.05) is 7.05 Å². The van der Waals surface area contributed by atoms with Gasteiger partial charge in [0.1, 0.15) is 0 Å². The van der Waals surface area contributed by atoms with Gasteiger partial charge in [-0.05, 0) is 45.7 Å². The Kier molecular flexibility index (Phi) is 5.59. The van der Waals surface area contributed by atoms with Crippen LogP contribution in [-0.2, 0) is 6.54 Å². The molecule has 1 aromatic rings. The molecule has 112 valence electrons. The number of anilines is 1. The predicted octanol–water partition coefficient (Wildman–Crippen LogP) is 1.62. The average Bonchev–Trinajstić information content (AvgIpc) is 2.48. The van der Waals surface area contributed by atoms with E-state index < -0.39 is 0 Å². The quantitative estimate of drug-likeness (QED) is 0.859. The summed E-state index contributed by atoms with van der Waals surface area (Å²) >= 11 is 0. The van der Waals surface area contributed by atoms with E-state index in [4.69, 9.17) is 0 Å². The molecule has 5 heteroatoms. The van der Waals surface area contributed by atoms with Crippen LogP contribution in [0.5, 0.6) is 0 Å². The lowest BCUT2D eigenvalue weighted by atomic mass is 9.99. The molecule has 20 heavy (non-hydrogen) atoms. The first-order chi connectivity index (χ1) is 9.77. The summed E-state index contributed by atoms with van der Waals surface area (Å²) < 4.78 is 1.78. The maximum absolute atomic E-state index is 12.5. The number of hydrogen-bond acceptors (Lipinski definition) is 4. The molecular formula is C15H26N4O. The fourth-order valence-electron chi connectivity index (χ4n) is 2.94. The van der Waals surface area contributed by atoms with Crippen LogP contribution in [0.25, 0.3) is 0 Å². The summed E-state index contributed by atoms with van der Waals surface area (Å²) in [7, 11) is 1.97. The highest BCUT2D eigenvalue weighted by atomic mass is 16.1. The lowest BCUT2D eigenvalue weighted by Gasteiger charge is -2.36. The van der Waals surface area contributed by atoms with Crippen LogP contribution in [0.15, 0.2) is 17.2 Å². The summed E-state index contributed by atoms with van der Waals surface area (Å²) in [5.74, 6) is 0.641. The molecule has 1 saturated heterocycles. The first kappa shape index (κ1) is 15.0. The third-order valence-electron chi connectivity index (χ3n) is 3.99. The van der Waals surface area contributed by atoms with Crippen molar-refractivity contribution in [1.29, 1.82) is 0 Å². The Morgan fingerprint density at radius 1 is 1.45 bits per heavy atom. The minimum atomic E-state index is 0.0608. The summed E-state index contributed by atoms with van der Waals surface area (Å²) in [6, 6.07) is 0.439. The van der Waals surface area contributed by atoms with Crippen molar-refractivity contribution in [1.82, 2.24) is 14.9 Å². The Hall–Kier alpha value is -1.36. The molecule has 0 radical (unpaired) electrons. The smallest absolute Gasteiger partial charge is 0.293 e. The molecule has 1 unspecified atom stereocenters. The molecule has 0 aliphatic carbocycles. The Labute approximate surface area is 121 Å². The molecule has 2 heterocycles. The first-order valence-electron chi connectivity index (χ1n) is 7.74. The standard InChI is InChI=1S/C15H26N4O/c1-3-10-18-12-9-17-14(15(18)20)19-11-5-4-6-13(19)7-8-16-2/h9,12-13,16H,3-8,10-11H2,1-2H3. The van der Waals surface area contributed by atoms with Crippen LogP contribution in [0, 0.1) is 0 Å². The monoisotopic (exact) mass is 278 g/mol. The van der Waals surface area contributed by atoms with Gasteiger partial charge in [0, 0.05) is 31.5 Å². The van der Waals surface area contributed by atoms with Crippen molar-refractivity contribution in [2.75, 3.05) is 25.0 Å². The molecule has 0 saturated carbocycles. The van der Waals surface area contributed by atoms with E-state index in [0.717, 1.165) is 45.3 Å². The van der Waals surface area contributed by atoms with Gasteiger partial charge in [-0.1, -0.05) is 6.92 Å². The summed E-state index contributed by atoms with van der Waals surface area (Å²) in [4.78, 5) is 19.1. The average molecular weight is 278 g/mol. The van der Waals surface area contributed by atoms with Gasteiger partial charge in [0.2, 0.25) is 0 Å². The number of rotatable bonds is 6. The molecule has 2 rings (SSSR count). The maximum Gasteiger partial charge on any atom is 0.293 e. The Balaban J connectivity index is 2.23. The van der Waals surface area contributed by atoms with E-state index in [1.165, 1.54) is 6.42 Å². The maximum atomic E-state index is 12.5. The van der Waals surface area contributed by atoms with Gasteiger partial charge >= 0.3 is 0 Å². The molecule has 1 fully saturated rings. The molecule has 0 amide bonds. The number of nitrogens with one attached hydrogen (secondary N) is 1. The Bertz CT molecular complexity index is 471. The Morgan fingerprint density at radius 3 is 3.05 bits per heavy atom. The fourth-order valence-corrected chi connectivity index (χ4v) is 2.94. The van der Waals surface area contributed by atoms with Crippen molar-refractivity contribution in [3.63, 3.8) is 0 Å².